The number of rotatable bonds is 8. The van der Waals surface area contributed by atoms with Crippen molar-refractivity contribution in [2.24, 2.45) is 0 Å². The van der Waals surface area contributed by atoms with E-state index < -0.39 is 5.97 Å². The lowest BCUT2D eigenvalue weighted by Crippen LogP contribution is -2.30. The summed E-state index contributed by atoms with van der Waals surface area (Å²) < 4.78 is 10.00. The molecule has 0 N–H and O–H groups in total. The summed E-state index contributed by atoms with van der Waals surface area (Å²) in [5, 5.41) is 4.48. The molecule has 9 heteroatoms. The van der Waals surface area contributed by atoms with Crippen LogP contribution in [0.5, 0.6) is 0 Å². The standard InChI is InChI=1S/C21H24N4O4S/c1-5-25(21-22-12-16(30-21)20(27)28-4)18(26)11-10-17-23-19(24-29-17)15-8-6-14(7-9-15)13(2)3/h6-9,12-13H,5,10-11H2,1-4H3. The zero-order valence-corrected chi connectivity index (χ0v) is 18.2. The SMILES string of the molecule is CCN(C(=O)CCc1nc(-c2ccc(C(C)C)cc2)no1)c1ncc(C(=O)OC)s1. The molecule has 0 aliphatic heterocycles. The van der Waals surface area contributed by atoms with Crippen molar-refractivity contribution >= 4 is 28.3 Å². The van der Waals surface area contributed by atoms with Crippen LogP contribution < -0.4 is 4.90 Å². The molecule has 0 saturated carbocycles. The van der Waals surface area contributed by atoms with Gasteiger partial charge in [0.05, 0.1) is 13.3 Å². The Kier molecular flexibility index (Phi) is 6.94. The Balaban J connectivity index is 1.62. The molecule has 30 heavy (non-hydrogen) atoms. The van der Waals surface area contributed by atoms with Crippen LogP contribution in [0.25, 0.3) is 11.4 Å². The van der Waals surface area contributed by atoms with Gasteiger partial charge in [-0.05, 0) is 18.4 Å². The number of methoxy groups -OCH3 is 1. The summed E-state index contributed by atoms with van der Waals surface area (Å²) in [7, 11) is 1.31. The van der Waals surface area contributed by atoms with Gasteiger partial charge in [0.25, 0.3) is 0 Å². The molecule has 3 rings (SSSR count). The predicted molar refractivity (Wildman–Crippen MR) is 114 cm³/mol. The number of hydrogen-bond donors (Lipinski definition) is 0. The molecule has 0 unspecified atom stereocenters. The van der Waals surface area contributed by atoms with Gasteiger partial charge in [0.2, 0.25) is 17.6 Å². The zero-order valence-electron chi connectivity index (χ0n) is 17.4. The Morgan fingerprint density at radius 1 is 1.23 bits per heavy atom. The molecule has 2 aromatic heterocycles. The lowest BCUT2D eigenvalue weighted by atomic mass is 10.0. The van der Waals surface area contributed by atoms with Crippen LogP contribution in [-0.4, -0.2) is 40.7 Å². The summed E-state index contributed by atoms with van der Waals surface area (Å²) in [5.41, 5.74) is 2.11. The Bertz CT molecular complexity index is 1010. The molecule has 8 nitrogen and oxygen atoms in total. The van der Waals surface area contributed by atoms with Gasteiger partial charge in [0.15, 0.2) is 5.13 Å². The lowest BCUT2D eigenvalue weighted by molar-refractivity contribution is -0.118. The fourth-order valence-electron chi connectivity index (χ4n) is 2.84. The molecule has 0 saturated heterocycles. The smallest absolute Gasteiger partial charge is 0.349 e. The maximum absolute atomic E-state index is 12.7. The van der Waals surface area contributed by atoms with Gasteiger partial charge in [0, 0.05) is 24.9 Å². The first-order valence-corrected chi connectivity index (χ1v) is 10.5. The second kappa shape index (κ2) is 9.62. The maximum Gasteiger partial charge on any atom is 0.349 e. The van der Waals surface area contributed by atoms with Crippen molar-refractivity contribution in [1.82, 2.24) is 15.1 Å². The maximum atomic E-state index is 12.7. The predicted octanol–water partition coefficient (Wildman–Crippen LogP) is 4.09. The highest BCUT2D eigenvalue weighted by Gasteiger charge is 2.21. The van der Waals surface area contributed by atoms with Crippen LogP contribution >= 0.6 is 11.3 Å². The number of hydrogen-bond acceptors (Lipinski definition) is 8. The van der Waals surface area contributed by atoms with Crippen LogP contribution in [0.3, 0.4) is 0 Å². The Labute approximate surface area is 178 Å². The van der Waals surface area contributed by atoms with Crippen molar-refractivity contribution in [2.45, 2.75) is 39.5 Å². The molecule has 158 valence electrons. The van der Waals surface area contributed by atoms with Crippen molar-refractivity contribution in [3.05, 3.63) is 46.8 Å². The van der Waals surface area contributed by atoms with Crippen molar-refractivity contribution in [3.63, 3.8) is 0 Å². The molecule has 0 atom stereocenters. The Morgan fingerprint density at radius 3 is 2.60 bits per heavy atom. The second-order valence-electron chi connectivity index (χ2n) is 6.93. The van der Waals surface area contributed by atoms with Gasteiger partial charge >= 0.3 is 5.97 Å². The quantitative estimate of drug-likeness (QED) is 0.498. The molecule has 0 aliphatic rings. The molecule has 0 radical (unpaired) electrons. The summed E-state index contributed by atoms with van der Waals surface area (Å²) in [4.78, 5) is 34.7. The second-order valence-corrected chi connectivity index (χ2v) is 7.93. The van der Waals surface area contributed by atoms with Crippen LogP contribution in [0, 0.1) is 0 Å². The van der Waals surface area contributed by atoms with E-state index in [0.717, 1.165) is 16.9 Å². The normalized spacial score (nSPS) is 11.0. The minimum atomic E-state index is -0.470. The van der Waals surface area contributed by atoms with Crippen molar-refractivity contribution in [2.75, 3.05) is 18.6 Å². The van der Waals surface area contributed by atoms with E-state index in [2.05, 4.69) is 45.8 Å². The number of esters is 1. The first-order chi connectivity index (χ1) is 14.4. The number of carbonyl (C=O) groups is 2. The third-order valence-electron chi connectivity index (χ3n) is 4.58. The summed E-state index contributed by atoms with van der Waals surface area (Å²) in [6, 6.07) is 8.04. The third kappa shape index (κ3) is 4.91. The zero-order chi connectivity index (χ0) is 21.7. The number of carbonyl (C=O) groups excluding carboxylic acids is 2. The number of thiazole rings is 1. The molecule has 1 amide bonds. The number of nitrogens with zero attached hydrogens (tertiary/aromatic N) is 4. The highest BCUT2D eigenvalue weighted by molar-refractivity contribution is 7.17. The Hall–Kier alpha value is -3.07. The molecule has 3 aromatic rings. The minimum absolute atomic E-state index is 0.135. The van der Waals surface area contributed by atoms with E-state index in [0.29, 0.717) is 40.6 Å². The number of aryl methyl sites for hydroxylation is 1. The lowest BCUT2D eigenvalue weighted by Gasteiger charge is -2.16. The van der Waals surface area contributed by atoms with Crippen LogP contribution in [0.4, 0.5) is 5.13 Å². The molecular weight excluding hydrogens is 404 g/mol. The molecule has 0 bridgehead atoms. The van der Waals surface area contributed by atoms with Gasteiger partial charge in [-0.15, -0.1) is 0 Å². The third-order valence-corrected chi connectivity index (χ3v) is 5.58. The minimum Gasteiger partial charge on any atom is -0.465 e. The molecule has 0 aliphatic carbocycles. The summed E-state index contributed by atoms with van der Waals surface area (Å²) in [5.74, 6) is 0.750. The van der Waals surface area contributed by atoms with Gasteiger partial charge in [-0.2, -0.15) is 4.98 Å². The summed E-state index contributed by atoms with van der Waals surface area (Å²) >= 11 is 1.12. The fraction of sp³-hybridized carbons (Fsp3) is 0.381. The van der Waals surface area contributed by atoms with E-state index in [1.165, 1.54) is 23.8 Å². The molecule has 0 fully saturated rings. The van der Waals surface area contributed by atoms with Crippen LogP contribution in [-0.2, 0) is 16.0 Å². The van der Waals surface area contributed by atoms with Crippen LogP contribution in [0.2, 0.25) is 0 Å². The largest absolute Gasteiger partial charge is 0.465 e. The monoisotopic (exact) mass is 428 g/mol. The number of anilines is 1. The van der Waals surface area contributed by atoms with E-state index in [-0.39, 0.29) is 12.3 Å². The van der Waals surface area contributed by atoms with Gasteiger partial charge in [-0.1, -0.05) is 54.6 Å². The van der Waals surface area contributed by atoms with Crippen molar-refractivity contribution < 1.29 is 18.8 Å². The molecule has 1 aromatic carbocycles. The average molecular weight is 429 g/mol. The van der Waals surface area contributed by atoms with E-state index in [9.17, 15) is 9.59 Å². The topological polar surface area (TPSA) is 98.4 Å². The van der Waals surface area contributed by atoms with Gasteiger partial charge in [0.1, 0.15) is 4.88 Å². The highest BCUT2D eigenvalue weighted by atomic mass is 32.1. The van der Waals surface area contributed by atoms with E-state index in [1.54, 1.807) is 0 Å². The van der Waals surface area contributed by atoms with Gasteiger partial charge in [-0.25, -0.2) is 9.78 Å². The van der Waals surface area contributed by atoms with E-state index in [1.807, 2.05) is 19.1 Å². The molecule has 0 spiro atoms. The summed E-state index contributed by atoms with van der Waals surface area (Å²) in [6.07, 6.45) is 1.92. The fourth-order valence-corrected chi connectivity index (χ4v) is 3.76. The van der Waals surface area contributed by atoms with Crippen molar-refractivity contribution in [3.8, 4) is 11.4 Å². The van der Waals surface area contributed by atoms with Gasteiger partial charge < -0.3 is 9.26 Å². The van der Waals surface area contributed by atoms with Crippen LogP contribution in [0.1, 0.15) is 54.2 Å². The summed E-state index contributed by atoms with van der Waals surface area (Å²) in [6.45, 7) is 6.56. The molecule has 2 heterocycles. The average Bonchev–Trinajstić information content (AvgIpc) is 3.42. The number of aromatic nitrogens is 3. The number of amides is 1. The molecular formula is C21H24N4O4S. The number of benzene rings is 1. The number of ether oxygens (including phenoxy) is 1. The first kappa shape index (κ1) is 21.6. The first-order valence-electron chi connectivity index (χ1n) is 9.70. The van der Waals surface area contributed by atoms with Gasteiger partial charge in [-0.3, -0.25) is 9.69 Å². The van der Waals surface area contributed by atoms with Crippen molar-refractivity contribution in [1.29, 1.82) is 0 Å². The van der Waals surface area contributed by atoms with E-state index in [4.69, 9.17) is 4.52 Å². The Morgan fingerprint density at radius 2 is 1.97 bits per heavy atom. The highest BCUT2D eigenvalue weighted by Crippen LogP contribution is 2.24. The van der Waals surface area contributed by atoms with Crippen LogP contribution in [0.15, 0.2) is 35.0 Å². The van der Waals surface area contributed by atoms with E-state index >= 15 is 0 Å².